The van der Waals surface area contributed by atoms with Crippen molar-refractivity contribution in [3.05, 3.63) is 0 Å². The largest absolute Gasteiger partial charge is 0.432 e. The maximum Gasteiger partial charge on any atom is 0.397 e. The van der Waals surface area contributed by atoms with Crippen molar-refractivity contribution in [2.45, 2.75) is 83.4 Å². The van der Waals surface area contributed by atoms with Gasteiger partial charge in [0.1, 0.15) is 6.04 Å². The van der Waals surface area contributed by atoms with Crippen LogP contribution in [0.1, 0.15) is 71.1 Å². The predicted octanol–water partition coefficient (Wildman–Crippen LogP) is 1.21. The molecule has 28 heavy (non-hydrogen) atoms. The van der Waals surface area contributed by atoms with Crippen LogP contribution >= 0.6 is 0 Å². The highest BCUT2D eigenvalue weighted by molar-refractivity contribution is 7.80. The second-order valence-electron chi connectivity index (χ2n) is 6.73. The molecule has 1 heterocycles. The quantitative estimate of drug-likeness (QED) is 0.215. The van der Waals surface area contributed by atoms with Gasteiger partial charge in [-0.05, 0) is 6.42 Å². The number of carbonyl (C=O) groups excluding carboxylic acids is 3. The number of ether oxygens (including phenoxy) is 1. The smallest absolute Gasteiger partial charge is 0.397 e. The third-order valence-electron chi connectivity index (χ3n) is 4.26. The SMILES string of the molecule is CCCCCCCCCCCC(=O)O[C@H]1NC(=O)[C@H](COS(=O)(=O)O)NC1=O. The molecule has 1 rings (SSSR count). The highest BCUT2D eigenvalue weighted by Gasteiger charge is 2.36. The van der Waals surface area contributed by atoms with Crippen LogP contribution in [0.4, 0.5) is 0 Å². The number of unbranched alkanes of at least 4 members (excludes halogenated alkanes) is 8. The zero-order valence-electron chi connectivity index (χ0n) is 16.1. The minimum Gasteiger partial charge on any atom is -0.432 e. The fourth-order valence-corrected chi connectivity index (χ4v) is 3.04. The molecule has 0 bridgehead atoms. The standard InChI is InChI=1S/C17H30N2O8S/c1-2-3-4-5-6-7-8-9-10-11-14(20)27-17-16(22)18-13(15(21)19-17)12-26-28(23,24)25/h13,17H,2-12H2,1H3,(H,18,22)(H,19,21)(H,23,24,25)/t13-,17+/m0/s1. The van der Waals surface area contributed by atoms with Gasteiger partial charge in [-0.25, -0.2) is 4.18 Å². The second kappa shape index (κ2) is 12.7. The van der Waals surface area contributed by atoms with Crippen molar-refractivity contribution in [3.8, 4) is 0 Å². The van der Waals surface area contributed by atoms with Crippen molar-refractivity contribution in [2.75, 3.05) is 6.61 Å². The van der Waals surface area contributed by atoms with Crippen LogP contribution in [0.2, 0.25) is 0 Å². The average Bonchev–Trinajstić information content (AvgIpc) is 2.61. The maximum atomic E-state index is 11.9. The minimum absolute atomic E-state index is 0.144. The third-order valence-corrected chi connectivity index (χ3v) is 4.70. The van der Waals surface area contributed by atoms with E-state index in [1.54, 1.807) is 0 Å². The molecular formula is C17H30N2O8S. The number of nitrogens with one attached hydrogen (secondary N) is 2. The first-order valence-corrected chi connectivity index (χ1v) is 11.0. The Morgan fingerprint density at radius 3 is 2.11 bits per heavy atom. The summed E-state index contributed by atoms with van der Waals surface area (Å²) in [6, 6.07) is -1.32. The number of esters is 1. The summed E-state index contributed by atoms with van der Waals surface area (Å²) in [6.45, 7) is 1.41. The van der Waals surface area contributed by atoms with E-state index in [1.165, 1.54) is 32.1 Å². The monoisotopic (exact) mass is 422 g/mol. The molecule has 1 fully saturated rings. The number of hydrogen-bond donors (Lipinski definition) is 3. The zero-order chi connectivity index (χ0) is 21.0. The van der Waals surface area contributed by atoms with Crippen LogP contribution in [0.5, 0.6) is 0 Å². The summed E-state index contributed by atoms with van der Waals surface area (Å²) in [4.78, 5) is 35.5. The van der Waals surface area contributed by atoms with Gasteiger partial charge in [0, 0.05) is 6.42 Å². The van der Waals surface area contributed by atoms with Crippen LogP contribution in [0.15, 0.2) is 0 Å². The summed E-state index contributed by atoms with van der Waals surface area (Å²) in [5.41, 5.74) is 0. The third kappa shape index (κ3) is 10.6. The van der Waals surface area contributed by atoms with Crippen molar-refractivity contribution in [1.82, 2.24) is 10.6 Å². The van der Waals surface area contributed by atoms with Crippen molar-refractivity contribution in [1.29, 1.82) is 0 Å². The predicted molar refractivity (Wildman–Crippen MR) is 99.3 cm³/mol. The molecule has 0 aromatic carbocycles. The summed E-state index contributed by atoms with van der Waals surface area (Å²) >= 11 is 0. The Hall–Kier alpha value is -1.72. The van der Waals surface area contributed by atoms with E-state index in [0.717, 1.165) is 19.3 Å². The number of rotatable bonds is 14. The Kier molecular flexibility index (Phi) is 11.0. The lowest BCUT2D eigenvalue weighted by atomic mass is 10.1. The van der Waals surface area contributed by atoms with Gasteiger partial charge in [0.15, 0.2) is 0 Å². The summed E-state index contributed by atoms with van der Waals surface area (Å²) in [6.07, 6.45) is 8.56. The molecule has 3 N–H and O–H groups in total. The molecule has 0 aromatic rings. The van der Waals surface area contributed by atoms with E-state index in [-0.39, 0.29) is 6.42 Å². The summed E-state index contributed by atoms with van der Waals surface area (Å²) in [7, 11) is -4.74. The molecule has 0 aliphatic carbocycles. The number of carbonyl (C=O) groups is 3. The Morgan fingerprint density at radius 2 is 1.54 bits per heavy atom. The molecule has 0 spiro atoms. The average molecular weight is 423 g/mol. The Labute approximate surface area is 165 Å². The van der Waals surface area contributed by atoms with E-state index in [1.807, 2.05) is 0 Å². The summed E-state index contributed by atoms with van der Waals surface area (Å²) < 4.78 is 38.5. The van der Waals surface area contributed by atoms with Crippen LogP contribution in [0, 0.1) is 0 Å². The van der Waals surface area contributed by atoms with Crippen molar-refractivity contribution < 1.29 is 36.3 Å². The Bertz CT molecular complexity index is 623. The molecule has 0 radical (unpaired) electrons. The minimum atomic E-state index is -4.74. The first-order valence-electron chi connectivity index (χ1n) is 9.65. The lowest BCUT2D eigenvalue weighted by molar-refractivity contribution is -0.163. The number of hydrogen-bond acceptors (Lipinski definition) is 7. The molecule has 10 nitrogen and oxygen atoms in total. The van der Waals surface area contributed by atoms with Crippen molar-refractivity contribution >= 4 is 28.2 Å². The van der Waals surface area contributed by atoms with Crippen LogP contribution in [0.25, 0.3) is 0 Å². The Balaban J connectivity index is 2.19. The first-order chi connectivity index (χ1) is 13.2. The Morgan fingerprint density at radius 1 is 0.964 bits per heavy atom. The second-order valence-corrected chi connectivity index (χ2v) is 7.82. The van der Waals surface area contributed by atoms with Gasteiger partial charge in [0.05, 0.1) is 6.61 Å². The topological polar surface area (TPSA) is 148 Å². The highest BCUT2D eigenvalue weighted by atomic mass is 32.3. The van der Waals surface area contributed by atoms with Gasteiger partial charge in [-0.1, -0.05) is 58.3 Å². The van der Waals surface area contributed by atoms with Gasteiger partial charge in [-0.2, -0.15) is 8.42 Å². The normalized spacial score (nSPS) is 19.8. The van der Waals surface area contributed by atoms with Gasteiger partial charge in [-0.15, -0.1) is 0 Å². The van der Waals surface area contributed by atoms with Crippen molar-refractivity contribution in [2.24, 2.45) is 0 Å². The van der Waals surface area contributed by atoms with Crippen molar-refractivity contribution in [3.63, 3.8) is 0 Å². The molecular weight excluding hydrogens is 392 g/mol. The van der Waals surface area contributed by atoms with Gasteiger partial charge < -0.3 is 15.4 Å². The van der Waals surface area contributed by atoms with Crippen LogP contribution in [-0.4, -0.2) is 49.6 Å². The van der Waals surface area contributed by atoms with E-state index < -0.39 is 47.1 Å². The summed E-state index contributed by atoms with van der Waals surface area (Å²) in [5, 5.41) is 4.34. The van der Waals surface area contributed by atoms with Gasteiger partial charge in [0.2, 0.25) is 5.91 Å². The van der Waals surface area contributed by atoms with E-state index in [4.69, 9.17) is 9.29 Å². The zero-order valence-corrected chi connectivity index (χ0v) is 17.0. The molecule has 1 aliphatic heterocycles. The van der Waals surface area contributed by atoms with E-state index in [9.17, 15) is 22.8 Å². The molecule has 162 valence electrons. The lowest BCUT2D eigenvalue weighted by Crippen LogP contribution is -2.64. The summed E-state index contributed by atoms with van der Waals surface area (Å²) in [5.74, 6) is -2.19. The van der Waals surface area contributed by atoms with Gasteiger partial charge in [-0.3, -0.25) is 18.9 Å². The molecule has 0 aromatic heterocycles. The molecule has 0 unspecified atom stereocenters. The first kappa shape index (κ1) is 24.3. The van der Waals surface area contributed by atoms with E-state index in [2.05, 4.69) is 21.7 Å². The van der Waals surface area contributed by atoms with E-state index >= 15 is 0 Å². The fourth-order valence-electron chi connectivity index (χ4n) is 2.73. The van der Waals surface area contributed by atoms with Crippen LogP contribution in [-0.2, 0) is 33.7 Å². The van der Waals surface area contributed by atoms with Gasteiger partial charge in [0.25, 0.3) is 12.1 Å². The molecule has 11 heteroatoms. The van der Waals surface area contributed by atoms with Crippen LogP contribution in [0.3, 0.4) is 0 Å². The molecule has 0 saturated carbocycles. The molecule has 1 aliphatic rings. The van der Waals surface area contributed by atoms with E-state index in [0.29, 0.717) is 6.42 Å². The fraction of sp³-hybridized carbons (Fsp3) is 0.824. The molecule has 1 saturated heterocycles. The van der Waals surface area contributed by atoms with Crippen LogP contribution < -0.4 is 10.6 Å². The number of piperazine rings is 1. The highest BCUT2D eigenvalue weighted by Crippen LogP contribution is 2.11. The van der Waals surface area contributed by atoms with Gasteiger partial charge >= 0.3 is 16.4 Å². The molecule has 2 amide bonds. The maximum absolute atomic E-state index is 11.9. The molecule has 2 atom stereocenters. The lowest BCUT2D eigenvalue weighted by Gasteiger charge is -2.28. The number of amides is 2.